The van der Waals surface area contributed by atoms with Gasteiger partial charge in [0.2, 0.25) is 0 Å². The Hall–Kier alpha value is -3.25. The maximum Gasteiger partial charge on any atom is 0.279 e. The molecular weight excluding hydrogens is 356 g/mol. The van der Waals surface area contributed by atoms with E-state index in [1.54, 1.807) is 6.26 Å². The molecule has 2 aromatic carbocycles. The van der Waals surface area contributed by atoms with Crippen molar-refractivity contribution in [3.63, 3.8) is 0 Å². The molecule has 0 bridgehead atoms. The van der Waals surface area contributed by atoms with Crippen LogP contribution in [-0.2, 0) is 4.79 Å². The topological polar surface area (TPSA) is 77.3 Å². The van der Waals surface area contributed by atoms with Crippen molar-refractivity contribution in [3.05, 3.63) is 72.7 Å². The van der Waals surface area contributed by atoms with Crippen LogP contribution in [0.2, 0.25) is 0 Å². The van der Waals surface area contributed by atoms with Crippen LogP contribution in [-0.4, -0.2) is 19.1 Å². The molecule has 6 nitrogen and oxygen atoms in total. The van der Waals surface area contributed by atoms with Crippen molar-refractivity contribution in [1.82, 2.24) is 0 Å². The van der Waals surface area contributed by atoms with E-state index in [1.807, 2.05) is 79.8 Å². The van der Waals surface area contributed by atoms with Crippen molar-refractivity contribution in [2.45, 2.75) is 19.9 Å². The molecule has 0 aliphatic heterocycles. The van der Waals surface area contributed by atoms with Crippen LogP contribution in [0.5, 0.6) is 17.2 Å². The lowest BCUT2D eigenvalue weighted by molar-refractivity contribution is -0.684. The number of ether oxygens (including phenoxy) is 2. The second-order valence-corrected chi connectivity index (χ2v) is 6.32. The molecule has 146 valence electrons. The number of anilines is 1. The highest BCUT2D eigenvalue weighted by molar-refractivity contribution is 5.91. The first kappa shape index (κ1) is 19.5. The van der Waals surface area contributed by atoms with Crippen molar-refractivity contribution in [3.8, 4) is 17.2 Å². The number of amides is 1. The Labute approximate surface area is 164 Å². The fraction of sp³-hybridized carbons (Fsp3) is 0.227. The van der Waals surface area contributed by atoms with E-state index < -0.39 is 0 Å². The van der Waals surface area contributed by atoms with E-state index >= 15 is 0 Å². The molecule has 1 amide bonds. The third-order valence-electron chi connectivity index (χ3n) is 4.16. The van der Waals surface area contributed by atoms with Gasteiger partial charge in [-0.2, -0.15) is 0 Å². The van der Waals surface area contributed by atoms with E-state index in [9.17, 15) is 4.79 Å². The number of benzene rings is 2. The van der Waals surface area contributed by atoms with Crippen LogP contribution < -0.4 is 20.1 Å². The average molecular weight is 381 g/mol. The van der Waals surface area contributed by atoms with Gasteiger partial charge in [0.15, 0.2) is 12.3 Å². The SMILES string of the molecule is CCOc1ccc(Oc2ccc(NC(=O)C[NH2+][C@@H](C)c3ccco3)cc2)cc1. The molecule has 0 radical (unpaired) electrons. The Morgan fingerprint density at radius 3 is 2.29 bits per heavy atom. The standard InChI is InChI=1S/C22H24N2O4/c1-3-26-18-10-12-20(13-11-18)28-19-8-6-17(7-9-19)24-22(25)15-23-16(2)21-5-4-14-27-21/h4-14,16,23H,3,15H2,1-2H3,(H,24,25)/p+1/t16-/m0/s1. The van der Waals surface area contributed by atoms with Gasteiger partial charge >= 0.3 is 0 Å². The Morgan fingerprint density at radius 2 is 1.68 bits per heavy atom. The van der Waals surface area contributed by atoms with Gasteiger partial charge in [-0.25, -0.2) is 0 Å². The Bertz CT molecular complexity index is 859. The van der Waals surface area contributed by atoms with Crippen LogP contribution in [0.1, 0.15) is 25.6 Å². The van der Waals surface area contributed by atoms with E-state index in [0.29, 0.717) is 18.9 Å². The smallest absolute Gasteiger partial charge is 0.279 e. The largest absolute Gasteiger partial charge is 0.494 e. The van der Waals surface area contributed by atoms with E-state index in [2.05, 4.69) is 5.32 Å². The van der Waals surface area contributed by atoms with Crippen LogP contribution in [0.4, 0.5) is 5.69 Å². The van der Waals surface area contributed by atoms with Crippen molar-refractivity contribution in [2.75, 3.05) is 18.5 Å². The number of carbonyl (C=O) groups excluding carboxylic acids is 1. The van der Waals surface area contributed by atoms with Crippen LogP contribution >= 0.6 is 0 Å². The zero-order valence-electron chi connectivity index (χ0n) is 16.1. The van der Waals surface area contributed by atoms with Gasteiger partial charge in [-0.3, -0.25) is 4.79 Å². The number of furan rings is 1. The zero-order chi connectivity index (χ0) is 19.8. The zero-order valence-corrected chi connectivity index (χ0v) is 16.1. The number of rotatable bonds is 9. The molecule has 1 atom stereocenters. The maximum atomic E-state index is 12.1. The van der Waals surface area contributed by atoms with Crippen LogP contribution in [0.3, 0.4) is 0 Å². The molecule has 3 aromatic rings. The third kappa shape index (κ3) is 5.62. The maximum absolute atomic E-state index is 12.1. The number of hydrogen-bond acceptors (Lipinski definition) is 4. The molecular formula is C22H25N2O4+. The molecule has 0 fully saturated rings. The normalized spacial score (nSPS) is 11.6. The first-order valence-electron chi connectivity index (χ1n) is 9.31. The van der Waals surface area contributed by atoms with E-state index in [1.165, 1.54) is 0 Å². The Kier molecular flexibility index (Phi) is 6.70. The second-order valence-electron chi connectivity index (χ2n) is 6.32. The summed E-state index contributed by atoms with van der Waals surface area (Å²) in [4.78, 5) is 12.1. The lowest BCUT2D eigenvalue weighted by Gasteiger charge is -2.10. The molecule has 1 aromatic heterocycles. The summed E-state index contributed by atoms with van der Waals surface area (Å²) in [6.45, 7) is 4.89. The number of quaternary nitrogens is 1. The summed E-state index contributed by atoms with van der Waals surface area (Å²) in [5, 5.41) is 4.81. The molecule has 3 N–H and O–H groups in total. The molecule has 28 heavy (non-hydrogen) atoms. The number of carbonyl (C=O) groups is 1. The molecule has 0 aliphatic rings. The van der Waals surface area contributed by atoms with Gasteiger partial charge in [-0.05, 0) is 74.5 Å². The van der Waals surface area contributed by atoms with Gasteiger partial charge in [0, 0.05) is 5.69 Å². The lowest BCUT2D eigenvalue weighted by atomic mass is 10.2. The Morgan fingerprint density at radius 1 is 1.04 bits per heavy atom. The van der Waals surface area contributed by atoms with Crippen LogP contribution in [0.15, 0.2) is 71.3 Å². The van der Waals surface area contributed by atoms with Gasteiger partial charge in [0.25, 0.3) is 5.91 Å². The minimum Gasteiger partial charge on any atom is -0.494 e. The first-order valence-corrected chi connectivity index (χ1v) is 9.31. The molecule has 3 rings (SSSR count). The molecule has 0 saturated heterocycles. The van der Waals surface area contributed by atoms with Gasteiger partial charge in [0.05, 0.1) is 12.9 Å². The quantitative estimate of drug-likeness (QED) is 0.592. The fourth-order valence-corrected chi connectivity index (χ4v) is 2.68. The van der Waals surface area contributed by atoms with Crippen molar-refractivity contribution >= 4 is 11.6 Å². The van der Waals surface area contributed by atoms with Gasteiger partial charge in [0.1, 0.15) is 23.3 Å². The molecule has 0 aliphatic carbocycles. The molecule has 6 heteroatoms. The molecule has 0 saturated carbocycles. The number of nitrogens with one attached hydrogen (secondary N) is 1. The summed E-state index contributed by atoms with van der Waals surface area (Å²) in [5.74, 6) is 3.01. The number of hydrogen-bond donors (Lipinski definition) is 2. The summed E-state index contributed by atoms with van der Waals surface area (Å²) in [6, 6.07) is 18.6. The van der Waals surface area contributed by atoms with E-state index in [-0.39, 0.29) is 11.9 Å². The molecule has 0 unspecified atom stereocenters. The van der Waals surface area contributed by atoms with Crippen molar-refractivity contribution in [1.29, 1.82) is 0 Å². The van der Waals surface area contributed by atoms with E-state index in [4.69, 9.17) is 13.9 Å². The summed E-state index contributed by atoms with van der Waals surface area (Å²) in [6.07, 6.45) is 1.64. The van der Waals surface area contributed by atoms with Crippen molar-refractivity contribution in [2.24, 2.45) is 0 Å². The van der Waals surface area contributed by atoms with Gasteiger partial charge in [-0.1, -0.05) is 0 Å². The minimum absolute atomic E-state index is 0.0708. The summed E-state index contributed by atoms with van der Waals surface area (Å²) < 4.78 is 16.6. The number of nitrogens with two attached hydrogens (primary N) is 1. The second kappa shape index (κ2) is 9.62. The first-order chi connectivity index (χ1) is 13.6. The molecule has 1 heterocycles. The van der Waals surface area contributed by atoms with Crippen LogP contribution in [0.25, 0.3) is 0 Å². The highest BCUT2D eigenvalue weighted by Crippen LogP contribution is 2.25. The van der Waals surface area contributed by atoms with Crippen LogP contribution in [0, 0.1) is 0 Å². The summed E-state index contributed by atoms with van der Waals surface area (Å²) in [7, 11) is 0. The molecule has 0 spiro atoms. The Balaban J connectivity index is 1.47. The highest BCUT2D eigenvalue weighted by Gasteiger charge is 2.13. The van der Waals surface area contributed by atoms with Gasteiger partial charge < -0.3 is 24.5 Å². The monoisotopic (exact) mass is 381 g/mol. The predicted octanol–water partition coefficient (Wildman–Crippen LogP) is 3.73. The third-order valence-corrected chi connectivity index (χ3v) is 4.16. The predicted molar refractivity (Wildman–Crippen MR) is 107 cm³/mol. The van der Waals surface area contributed by atoms with Crippen molar-refractivity contribution < 1.29 is 24.0 Å². The summed E-state index contributed by atoms with van der Waals surface area (Å²) >= 11 is 0. The van der Waals surface area contributed by atoms with E-state index in [0.717, 1.165) is 22.9 Å². The fourth-order valence-electron chi connectivity index (χ4n) is 2.68. The minimum atomic E-state index is -0.0708. The highest BCUT2D eigenvalue weighted by atomic mass is 16.5. The van der Waals surface area contributed by atoms with Gasteiger partial charge in [-0.15, -0.1) is 0 Å². The summed E-state index contributed by atoms with van der Waals surface area (Å²) in [5.41, 5.74) is 0.725. The lowest BCUT2D eigenvalue weighted by Crippen LogP contribution is -2.86. The average Bonchev–Trinajstić information content (AvgIpc) is 3.24.